The standard InChI is InChI=1S/C20H27N5O2.ClH/c26-20(19-14-25(23-22-19)17-6-10-21-11-7-17)24(18-9-13-27-15-18)12-8-16-4-2-1-3-5-16;/h1-5,14,17-18,21H,6-13,15H2;1H. The number of carbonyl (C=O) groups is 1. The highest BCUT2D eigenvalue weighted by atomic mass is 35.5. The first-order chi connectivity index (χ1) is 13.3. The van der Waals surface area contributed by atoms with Crippen LogP contribution in [-0.4, -0.2) is 64.7 Å². The number of hydrogen-bond acceptors (Lipinski definition) is 5. The van der Waals surface area contributed by atoms with E-state index in [9.17, 15) is 4.79 Å². The maximum absolute atomic E-state index is 13.2. The number of halogens is 1. The molecule has 28 heavy (non-hydrogen) atoms. The second kappa shape index (κ2) is 10.0. The summed E-state index contributed by atoms with van der Waals surface area (Å²) >= 11 is 0. The zero-order chi connectivity index (χ0) is 18.5. The van der Waals surface area contributed by atoms with Crippen LogP contribution in [0, 0.1) is 0 Å². The number of amides is 1. The smallest absolute Gasteiger partial charge is 0.276 e. The van der Waals surface area contributed by atoms with Crippen LogP contribution < -0.4 is 5.32 Å². The molecule has 1 aromatic heterocycles. The van der Waals surface area contributed by atoms with Gasteiger partial charge in [0.25, 0.3) is 5.91 Å². The number of piperidine rings is 1. The average molecular weight is 406 g/mol. The van der Waals surface area contributed by atoms with Crippen molar-refractivity contribution in [3.05, 3.63) is 47.8 Å². The first-order valence-corrected chi connectivity index (χ1v) is 9.86. The van der Waals surface area contributed by atoms with Crippen molar-refractivity contribution in [1.82, 2.24) is 25.2 Å². The average Bonchev–Trinajstić information content (AvgIpc) is 3.42. The summed E-state index contributed by atoms with van der Waals surface area (Å²) in [4.78, 5) is 15.1. The van der Waals surface area contributed by atoms with E-state index < -0.39 is 0 Å². The number of rotatable bonds is 6. The van der Waals surface area contributed by atoms with Crippen LogP contribution in [0.1, 0.15) is 41.4 Å². The van der Waals surface area contributed by atoms with Crippen LogP contribution in [0.5, 0.6) is 0 Å². The Hall–Kier alpha value is -1.96. The number of nitrogens with one attached hydrogen (secondary N) is 1. The minimum atomic E-state index is -0.0402. The number of hydrogen-bond donors (Lipinski definition) is 1. The van der Waals surface area contributed by atoms with Crippen molar-refractivity contribution in [2.45, 2.75) is 37.8 Å². The molecule has 0 aliphatic carbocycles. The van der Waals surface area contributed by atoms with E-state index in [4.69, 9.17) is 4.74 Å². The number of nitrogens with zero attached hydrogens (tertiary/aromatic N) is 4. The van der Waals surface area contributed by atoms with E-state index in [1.54, 1.807) is 0 Å². The largest absolute Gasteiger partial charge is 0.379 e. The Balaban J connectivity index is 0.00000225. The highest BCUT2D eigenvalue weighted by Crippen LogP contribution is 2.20. The summed E-state index contributed by atoms with van der Waals surface area (Å²) in [6.45, 7) is 3.94. The normalized spacial score (nSPS) is 19.9. The van der Waals surface area contributed by atoms with Crippen molar-refractivity contribution in [2.24, 2.45) is 0 Å². The van der Waals surface area contributed by atoms with Gasteiger partial charge >= 0.3 is 0 Å². The Morgan fingerprint density at radius 2 is 2.00 bits per heavy atom. The second-order valence-electron chi connectivity index (χ2n) is 7.32. The van der Waals surface area contributed by atoms with E-state index in [-0.39, 0.29) is 24.4 Å². The Morgan fingerprint density at radius 3 is 2.71 bits per heavy atom. The van der Waals surface area contributed by atoms with Gasteiger partial charge in [-0.25, -0.2) is 4.68 Å². The molecule has 0 spiro atoms. The van der Waals surface area contributed by atoms with Gasteiger partial charge in [-0.05, 0) is 44.3 Å². The van der Waals surface area contributed by atoms with Crippen molar-refractivity contribution in [3.63, 3.8) is 0 Å². The lowest BCUT2D eigenvalue weighted by Gasteiger charge is -2.27. The summed E-state index contributed by atoms with van der Waals surface area (Å²) in [6.07, 6.45) is 5.56. The third-order valence-electron chi connectivity index (χ3n) is 5.50. The maximum atomic E-state index is 13.2. The lowest BCUT2D eigenvalue weighted by Crippen LogP contribution is -2.42. The number of aromatic nitrogens is 3. The van der Waals surface area contributed by atoms with Crippen LogP contribution in [0.3, 0.4) is 0 Å². The highest BCUT2D eigenvalue weighted by molar-refractivity contribution is 5.92. The topological polar surface area (TPSA) is 72.3 Å². The molecule has 2 aliphatic heterocycles. The quantitative estimate of drug-likeness (QED) is 0.796. The van der Waals surface area contributed by atoms with Gasteiger partial charge in [0.1, 0.15) is 0 Å². The molecule has 4 rings (SSSR count). The summed E-state index contributed by atoms with van der Waals surface area (Å²) in [6, 6.07) is 10.7. The van der Waals surface area contributed by atoms with Crippen LogP contribution >= 0.6 is 12.4 Å². The fraction of sp³-hybridized carbons (Fsp3) is 0.550. The predicted molar refractivity (Wildman–Crippen MR) is 109 cm³/mol. The minimum absolute atomic E-state index is 0. The van der Waals surface area contributed by atoms with E-state index in [0.29, 0.717) is 31.5 Å². The van der Waals surface area contributed by atoms with Gasteiger partial charge in [0.05, 0.1) is 24.9 Å². The fourth-order valence-corrected chi connectivity index (χ4v) is 3.88. The van der Waals surface area contributed by atoms with Crippen LogP contribution in [0.4, 0.5) is 0 Å². The van der Waals surface area contributed by atoms with Gasteiger partial charge in [0.2, 0.25) is 0 Å². The molecule has 2 aromatic rings. The SMILES string of the molecule is Cl.O=C(c1cn(C2CCNCC2)nn1)N(CCc1ccccc1)C1CCOC1. The van der Waals surface area contributed by atoms with Crippen LogP contribution in [0.25, 0.3) is 0 Å². The van der Waals surface area contributed by atoms with E-state index in [1.807, 2.05) is 34.0 Å². The molecule has 1 N–H and O–H groups in total. The van der Waals surface area contributed by atoms with Gasteiger partial charge in [0, 0.05) is 13.2 Å². The van der Waals surface area contributed by atoms with Gasteiger partial charge in [-0.1, -0.05) is 35.5 Å². The molecule has 1 amide bonds. The molecule has 0 saturated carbocycles. The lowest BCUT2D eigenvalue weighted by molar-refractivity contribution is 0.0650. The first kappa shape index (κ1) is 20.8. The number of ether oxygens (including phenoxy) is 1. The summed E-state index contributed by atoms with van der Waals surface area (Å²) in [5.74, 6) is -0.0402. The molecular weight excluding hydrogens is 378 g/mol. The minimum Gasteiger partial charge on any atom is -0.379 e. The summed E-state index contributed by atoms with van der Waals surface area (Å²) in [5, 5.41) is 11.8. The van der Waals surface area contributed by atoms with Crippen molar-refractivity contribution < 1.29 is 9.53 Å². The zero-order valence-electron chi connectivity index (χ0n) is 16.0. The Labute approximate surface area is 171 Å². The molecule has 0 radical (unpaired) electrons. The Morgan fingerprint density at radius 1 is 1.21 bits per heavy atom. The monoisotopic (exact) mass is 405 g/mol. The third kappa shape index (κ3) is 4.90. The molecule has 1 atom stereocenters. The molecule has 152 valence electrons. The molecule has 0 bridgehead atoms. The molecule has 2 fully saturated rings. The van der Waals surface area contributed by atoms with Crippen molar-refractivity contribution in [1.29, 1.82) is 0 Å². The lowest BCUT2D eigenvalue weighted by atomic mass is 10.1. The van der Waals surface area contributed by atoms with E-state index in [2.05, 4.69) is 27.8 Å². The highest BCUT2D eigenvalue weighted by Gasteiger charge is 2.30. The molecular formula is C20H28ClN5O2. The molecule has 1 aromatic carbocycles. The van der Waals surface area contributed by atoms with Gasteiger partial charge in [-0.2, -0.15) is 0 Å². The molecule has 2 saturated heterocycles. The Bertz CT molecular complexity index is 742. The van der Waals surface area contributed by atoms with Gasteiger partial charge in [0.15, 0.2) is 5.69 Å². The first-order valence-electron chi connectivity index (χ1n) is 9.86. The van der Waals surface area contributed by atoms with Crippen LogP contribution in [0.2, 0.25) is 0 Å². The Kier molecular flexibility index (Phi) is 7.42. The molecule has 3 heterocycles. The van der Waals surface area contributed by atoms with Crippen LogP contribution in [-0.2, 0) is 11.2 Å². The summed E-state index contributed by atoms with van der Waals surface area (Å²) in [5.41, 5.74) is 1.67. The molecule has 1 unspecified atom stereocenters. The maximum Gasteiger partial charge on any atom is 0.276 e. The van der Waals surface area contributed by atoms with Gasteiger partial charge < -0.3 is 15.0 Å². The van der Waals surface area contributed by atoms with Crippen molar-refractivity contribution >= 4 is 18.3 Å². The predicted octanol–water partition coefficient (Wildman–Crippen LogP) is 2.10. The summed E-state index contributed by atoms with van der Waals surface area (Å²) < 4.78 is 7.40. The molecule has 2 aliphatic rings. The summed E-state index contributed by atoms with van der Waals surface area (Å²) in [7, 11) is 0. The third-order valence-corrected chi connectivity index (χ3v) is 5.50. The van der Waals surface area contributed by atoms with Crippen molar-refractivity contribution in [3.8, 4) is 0 Å². The van der Waals surface area contributed by atoms with E-state index in [0.717, 1.165) is 38.8 Å². The van der Waals surface area contributed by atoms with E-state index in [1.165, 1.54) is 5.56 Å². The number of carbonyl (C=O) groups excluding carboxylic acids is 1. The van der Waals surface area contributed by atoms with Gasteiger partial charge in [-0.3, -0.25) is 4.79 Å². The van der Waals surface area contributed by atoms with Gasteiger partial charge in [-0.15, -0.1) is 17.5 Å². The second-order valence-corrected chi connectivity index (χ2v) is 7.32. The van der Waals surface area contributed by atoms with E-state index >= 15 is 0 Å². The van der Waals surface area contributed by atoms with Crippen LogP contribution in [0.15, 0.2) is 36.5 Å². The molecule has 8 heteroatoms. The molecule has 7 nitrogen and oxygen atoms in total. The fourth-order valence-electron chi connectivity index (χ4n) is 3.88. The number of benzene rings is 1. The van der Waals surface area contributed by atoms with Crippen molar-refractivity contribution in [2.75, 3.05) is 32.8 Å². The zero-order valence-corrected chi connectivity index (χ0v) is 16.8.